The van der Waals surface area contributed by atoms with Crippen molar-refractivity contribution in [2.24, 2.45) is 5.18 Å². The van der Waals surface area contributed by atoms with Gasteiger partial charge in [-0.25, -0.2) is 9.18 Å². The molecule has 0 aliphatic rings. The smallest absolute Gasteiger partial charge is 0.348 e. The number of esters is 1. The Morgan fingerprint density at radius 2 is 2.09 bits per heavy atom. The number of hydrogen-bond donors (Lipinski definition) is 0. The molecule has 2 heterocycles. The van der Waals surface area contributed by atoms with E-state index >= 15 is 0 Å². The first kappa shape index (κ1) is 15.0. The third-order valence-electron chi connectivity index (χ3n) is 3.00. The van der Waals surface area contributed by atoms with Crippen molar-refractivity contribution in [3.8, 4) is 11.5 Å². The fraction of sp³-hybridized carbons (Fsp3) is 0.0667. The minimum absolute atomic E-state index is 0.0289. The summed E-state index contributed by atoms with van der Waals surface area (Å²) < 4.78 is 24.7. The molecule has 23 heavy (non-hydrogen) atoms. The van der Waals surface area contributed by atoms with Crippen molar-refractivity contribution < 1.29 is 18.7 Å². The van der Waals surface area contributed by atoms with Gasteiger partial charge in [0.25, 0.3) is 0 Å². The van der Waals surface area contributed by atoms with Crippen molar-refractivity contribution in [3.05, 3.63) is 52.1 Å². The fourth-order valence-electron chi connectivity index (χ4n) is 1.94. The van der Waals surface area contributed by atoms with Gasteiger partial charge in [0.05, 0.1) is 17.3 Å². The van der Waals surface area contributed by atoms with E-state index in [1.54, 1.807) is 12.1 Å². The van der Waals surface area contributed by atoms with Crippen molar-refractivity contribution in [2.75, 3.05) is 7.11 Å². The standard InChI is InChI=1S/C15H9FN2O4S/c1-21-15(19)13-7-10-14(23-13)12(4-5-17-10)22-11-3-2-8(18-20)6-9(11)16/h2-7H,1H3. The lowest BCUT2D eigenvalue weighted by Gasteiger charge is -2.07. The van der Waals surface area contributed by atoms with Gasteiger partial charge in [-0.2, -0.15) is 0 Å². The van der Waals surface area contributed by atoms with Crippen molar-refractivity contribution in [1.29, 1.82) is 0 Å². The second-order valence-electron chi connectivity index (χ2n) is 4.43. The Labute approximate surface area is 133 Å². The Bertz CT molecular complexity index is 910. The second kappa shape index (κ2) is 6.09. The van der Waals surface area contributed by atoms with Gasteiger partial charge >= 0.3 is 5.97 Å². The van der Waals surface area contributed by atoms with Crippen LogP contribution < -0.4 is 4.74 Å². The topological polar surface area (TPSA) is 77.8 Å². The first-order valence-corrected chi connectivity index (χ1v) is 7.21. The van der Waals surface area contributed by atoms with Crippen molar-refractivity contribution >= 4 is 33.2 Å². The van der Waals surface area contributed by atoms with Crippen LogP contribution in [-0.4, -0.2) is 18.1 Å². The molecular formula is C15H9FN2O4S. The number of carbonyl (C=O) groups excluding carboxylic acids is 1. The largest absolute Gasteiger partial charge is 0.465 e. The lowest BCUT2D eigenvalue weighted by Crippen LogP contribution is -1.96. The molecule has 0 N–H and O–H groups in total. The molecule has 0 fully saturated rings. The zero-order chi connectivity index (χ0) is 16.4. The summed E-state index contributed by atoms with van der Waals surface area (Å²) in [6, 6.07) is 6.78. The molecule has 0 unspecified atom stereocenters. The normalized spacial score (nSPS) is 10.5. The summed E-state index contributed by atoms with van der Waals surface area (Å²) in [7, 11) is 1.29. The Morgan fingerprint density at radius 3 is 2.78 bits per heavy atom. The van der Waals surface area contributed by atoms with Gasteiger partial charge in [-0.05, 0) is 23.4 Å². The fourth-order valence-corrected chi connectivity index (χ4v) is 2.93. The van der Waals surface area contributed by atoms with Gasteiger partial charge in [-0.3, -0.25) is 4.98 Å². The van der Waals surface area contributed by atoms with E-state index in [1.807, 2.05) is 0 Å². The van der Waals surface area contributed by atoms with Crippen LogP contribution in [-0.2, 0) is 4.74 Å². The quantitative estimate of drug-likeness (QED) is 0.522. The number of carbonyl (C=O) groups is 1. The molecular weight excluding hydrogens is 323 g/mol. The molecule has 0 radical (unpaired) electrons. The number of benzene rings is 1. The highest BCUT2D eigenvalue weighted by molar-refractivity contribution is 7.21. The molecule has 0 amide bonds. The molecule has 8 heteroatoms. The van der Waals surface area contributed by atoms with Crippen LogP contribution in [0.1, 0.15) is 9.67 Å². The molecule has 0 spiro atoms. The zero-order valence-corrected chi connectivity index (χ0v) is 12.6. The highest BCUT2D eigenvalue weighted by atomic mass is 32.1. The van der Waals surface area contributed by atoms with Crippen molar-refractivity contribution in [1.82, 2.24) is 4.98 Å². The predicted octanol–water partition coefficient (Wildman–Crippen LogP) is 4.41. The van der Waals surface area contributed by atoms with E-state index in [0.717, 1.165) is 17.4 Å². The molecule has 3 aromatic rings. The number of thiophene rings is 1. The van der Waals surface area contributed by atoms with Crippen molar-refractivity contribution in [2.45, 2.75) is 0 Å². The number of pyridine rings is 1. The van der Waals surface area contributed by atoms with Crippen LogP contribution >= 0.6 is 11.3 Å². The van der Waals surface area contributed by atoms with Crippen LogP contribution in [0.2, 0.25) is 0 Å². The summed E-state index contributed by atoms with van der Waals surface area (Å²) in [5.41, 5.74) is 0.512. The van der Waals surface area contributed by atoms with E-state index < -0.39 is 11.8 Å². The van der Waals surface area contributed by atoms with Gasteiger partial charge in [0, 0.05) is 18.3 Å². The Morgan fingerprint density at radius 1 is 1.26 bits per heavy atom. The first-order chi connectivity index (χ1) is 11.1. The van der Waals surface area contributed by atoms with E-state index in [-0.39, 0.29) is 11.4 Å². The number of ether oxygens (including phenoxy) is 2. The van der Waals surface area contributed by atoms with Crippen molar-refractivity contribution in [3.63, 3.8) is 0 Å². The molecule has 2 aromatic heterocycles. The van der Waals surface area contributed by atoms with Crippen LogP contribution in [0.25, 0.3) is 10.2 Å². The summed E-state index contributed by atoms with van der Waals surface area (Å²) >= 11 is 1.14. The molecule has 0 atom stereocenters. The van der Waals surface area contributed by atoms with E-state index in [2.05, 4.69) is 14.9 Å². The molecule has 0 saturated heterocycles. The first-order valence-electron chi connectivity index (χ1n) is 6.40. The molecule has 0 saturated carbocycles. The monoisotopic (exact) mass is 332 g/mol. The number of rotatable bonds is 4. The van der Waals surface area contributed by atoms with E-state index in [4.69, 9.17) is 4.74 Å². The van der Waals surface area contributed by atoms with Crippen LogP contribution in [0.3, 0.4) is 0 Å². The number of halogens is 1. The molecule has 0 aliphatic carbocycles. The third-order valence-corrected chi connectivity index (χ3v) is 4.12. The summed E-state index contributed by atoms with van der Waals surface area (Å²) in [4.78, 5) is 26.5. The maximum Gasteiger partial charge on any atom is 0.348 e. The van der Waals surface area contributed by atoms with E-state index in [0.29, 0.717) is 20.8 Å². The van der Waals surface area contributed by atoms with Crippen LogP contribution in [0.15, 0.2) is 41.7 Å². The molecule has 1 aromatic carbocycles. The Hall–Kier alpha value is -2.87. The number of nitroso groups, excluding NO2 is 1. The lowest BCUT2D eigenvalue weighted by atomic mass is 10.3. The molecule has 6 nitrogen and oxygen atoms in total. The van der Waals surface area contributed by atoms with Gasteiger partial charge in [0.15, 0.2) is 11.6 Å². The molecule has 0 aliphatic heterocycles. The number of nitrogens with zero attached hydrogens (tertiary/aromatic N) is 2. The van der Waals surface area contributed by atoms with Gasteiger partial charge < -0.3 is 9.47 Å². The number of aromatic nitrogens is 1. The number of fused-ring (bicyclic) bond motifs is 1. The number of methoxy groups -OCH3 is 1. The zero-order valence-electron chi connectivity index (χ0n) is 11.8. The summed E-state index contributed by atoms with van der Waals surface area (Å²) in [5.74, 6) is -0.901. The second-order valence-corrected chi connectivity index (χ2v) is 5.49. The van der Waals surface area contributed by atoms with Gasteiger partial charge in [0.2, 0.25) is 0 Å². The van der Waals surface area contributed by atoms with E-state index in [1.165, 1.54) is 25.4 Å². The summed E-state index contributed by atoms with van der Waals surface area (Å²) in [6.07, 6.45) is 1.49. The van der Waals surface area contributed by atoms with Gasteiger partial charge in [-0.1, -0.05) is 0 Å². The Balaban J connectivity index is 2.01. The summed E-state index contributed by atoms with van der Waals surface area (Å²) in [6.45, 7) is 0. The van der Waals surface area contributed by atoms with Gasteiger partial charge in [-0.15, -0.1) is 16.2 Å². The van der Waals surface area contributed by atoms with Crippen LogP contribution in [0, 0.1) is 10.7 Å². The summed E-state index contributed by atoms with van der Waals surface area (Å²) in [5, 5.41) is 2.66. The number of hydrogen-bond acceptors (Lipinski definition) is 7. The lowest BCUT2D eigenvalue weighted by molar-refractivity contribution is 0.0606. The highest BCUT2D eigenvalue weighted by Gasteiger charge is 2.15. The van der Waals surface area contributed by atoms with Gasteiger partial charge in [0.1, 0.15) is 16.3 Å². The molecule has 116 valence electrons. The minimum Gasteiger partial charge on any atom is -0.465 e. The SMILES string of the molecule is COC(=O)c1cc2nccc(Oc3ccc(N=O)cc3F)c2s1. The maximum atomic E-state index is 13.9. The van der Waals surface area contributed by atoms with Crippen LogP contribution in [0.4, 0.5) is 10.1 Å². The minimum atomic E-state index is -0.711. The Kier molecular flexibility index (Phi) is 3.98. The third kappa shape index (κ3) is 2.88. The average Bonchev–Trinajstić information content (AvgIpc) is 3.01. The molecule has 3 rings (SSSR count). The highest BCUT2D eigenvalue weighted by Crippen LogP contribution is 2.36. The maximum absolute atomic E-state index is 13.9. The van der Waals surface area contributed by atoms with E-state index in [9.17, 15) is 14.1 Å². The molecule has 0 bridgehead atoms. The predicted molar refractivity (Wildman–Crippen MR) is 82.9 cm³/mol. The average molecular weight is 332 g/mol. The van der Waals surface area contributed by atoms with Crippen LogP contribution in [0.5, 0.6) is 11.5 Å².